The first-order valence-electron chi connectivity index (χ1n) is 2.36. The summed E-state index contributed by atoms with van der Waals surface area (Å²) in [7, 11) is -2.07. The average molecular weight is 133 g/mol. The van der Waals surface area contributed by atoms with Crippen LogP contribution in [-0.2, 0) is 9.45 Å². The fourth-order valence-electron chi connectivity index (χ4n) is 0.211. The van der Waals surface area contributed by atoms with Crippen LogP contribution in [0.5, 0.6) is 0 Å². The maximum absolute atomic E-state index is 10.3. The fraction of sp³-hybridized carbons (Fsp3) is 0.667. The number of nitrogens with two attached hydrogens (primary N) is 1. The predicted molar refractivity (Wildman–Crippen MR) is 29.9 cm³/mol. The molecule has 52 valence electrons. The van der Waals surface area contributed by atoms with Gasteiger partial charge in [-0.15, -0.1) is 0 Å². The van der Waals surface area contributed by atoms with Gasteiger partial charge in [0.2, 0.25) is 0 Å². The molecule has 6 heteroatoms. The lowest BCUT2D eigenvalue weighted by Gasteiger charge is -2.03. The lowest BCUT2D eigenvalue weighted by atomic mass is 10.2. The van der Waals surface area contributed by atoms with Crippen LogP contribution in [0.25, 0.3) is 0 Å². The van der Waals surface area contributed by atoms with Crippen molar-refractivity contribution in [1.29, 1.82) is 0 Å². The van der Waals surface area contributed by atoms with Crippen LogP contribution >= 0.6 is 0 Å². The molecular weight excluding hydrogens is 125 g/mol. The van der Waals surface area contributed by atoms with E-state index in [1.807, 2.05) is 0 Å². The van der Waals surface area contributed by atoms with Crippen molar-refractivity contribution in [1.82, 2.24) is 0 Å². The molecule has 4 N–H and O–H groups in total. The van der Waals surface area contributed by atoms with Crippen LogP contribution in [0.4, 0.5) is 0 Å². The van der Waals surface area contributed by atoms with Gasteiger partial charge in [-0.05, 0) is 6.92 Å². The molecular formula is C3H8BNO4. The van der Waals surface area contributed by atoms with Crippen molar-refractivity contribution < 1.29 is 19.5 Å². The van der Waals surface area contributed by atoms with Crippen LogP contribution < -0.4 is 5.73 Å². The van der Waals surface area contributed by atoms with E-state index in [1.54, 1.807) is 0 Å². The Labute approximate surface area is 52.6 Å². The molecule has 0 radical (unpaired) electrons. The number of carbonyl (C=O) groups excluding carboxylic acids is 1. The molecule has 0 spiro atoms. The minimum Gasteiger partial charge on any atom is -0.484 e. The van der Waals surface area contributed by atoms with Crippen LogP contribution in [0, 0.1) is 0 Å². The van der Waals surface area contributed by atoms with E-state index in [0.717, 1.165) is 0 Å². The minimum absolute atomic E-state index is 0.827. The van der Waals surface area contributed by atoms with E-state index in [2.05, 4.69) is 4.65 Å². The van der Waals surface area contributed by atoms with Crippen LogP contribution in [0.2, 0.25) is 0 Å². The maximum atomic E-state index is 10.3. The van der Waals surface area contributed by atoms with Crippen LogP contribution in [-0.4, -0.2) is 29.4 Å². The van der Waals surface area contributed by atoms with E-state index >= 15 is 0 Å². The smallest absolute Gasteiger partial charge is 0.484 e. The number of hydrogen-bond acceptors (Lipinski definition) is 5. The zero-order chi connectivity index (χ0) is 7.44. The maximum Gasteiger partial charge on any atom is 0.709 e. The molecule has 0 aromatic heterocycles. The fourth-order valence-corrected chi connectivity index (χ4v) is 0.211. The summed E-state index contributed by atoms with van der Waals surface area (Å²) in [5, 5.41) is 16.1. The molecule has 0 aromatic carbocycles. The molecule has 0 amide bonds. The van der Waals surface area contributed by atoms with Gasteiger partial charge in [0.15, 0.2) is 0 Å². The number of rotatable bonds is 2. The van der Waals surface area contributed by atoms with Crippen molar-refractivity contribution in [3.63, 3.8) is 0 Å². The zero-order valence-corrected chi connectivity index (χ0v) is 4.94. The first-order valence-corrected chi connectivity index (χ1v) is 2.36. The largest absolute Gasteiger partial charge is 0.709 e. The molecule has 1 atom stereocenters. The van der Waals surface area contributed by atoms with E-state index in [-0.39, 0.29) is 0 Å². The Morgan fingerprint density at radius 2 is 2.22 bits per heavy atom. The quantitative estimate of drug-likeness (QED) is 0.373. The van der Waals surface area contributed by atoms with Gasteiger partial charge in [0.25, 0.3) is 0 Å². The Morgan fingerprint density at radius 1 is 1.78 bits per heavy atom. The SMILES string of the molecule is C[C@H](N)C(=O)OB(O)O. The summed E-state index contributed by atoms with van der Waals surface area (Å²) < 4.78 is 3.86. The molecule has 0 saturated carbocycles. The highest BCUT2D eigenvalue weighted by atomic mass is 16.6. The number of carbonyl (C=O) groups is 1. The molecule has 0 aliphatic heterocycles. The van der Waals surface area contributed by atoms with Gasteiger partial charge in [-0.1, -0.05) is 0 Å². The Hall–Kier alpha value is -0.585. The predicted octanol–water partition coefficient (Wildman–Crippen LogP) is -2.15. The highest BCUT2D eigenvalue weighted by molar-refractivity contribution is 6.35. The van der Waals surface area contributed by atoms with Gasteiger partial charge in [-0.2, -0.15) is 0 Å². The summed E-state index contributed by atoms with van der Waals surface area (Å²) in [5.41, 5.74) is 4.99. The Kier molecular flexibility index (Phi) is 3.22. The standard InChI is InChI=1S/C3H8BNO4/c1-2(5)3(6)9-4(7)8/h2,7-8H,5H2,1H3/t2-/m0/s1. The lowest BCUT2D eigenvalue weighted by Crippen LogP contribution is -2.34. The molecule has 0 aliphatic carbocycles. The summed E-state index contributed by atoms with van der Waals surface area (Å²) in [4.78, 5) is 10.3. The first kappa shape index (κ1) is 8.41. The Balaban J connectivity index is 3.51. The Morgan fingerprint density at radius 3 is 2.33 bits per heavy atom. The summed E-state index contributed by atoms with van der Waals surface area (Å²) in [5.74, 6) is -0.843. The molecule has 5 nitrogen and oxygen atoms in total. The summed E-state index contributed by atoms with van der Waals surface area (Å²) >= 11 is 0. The highest BCUT2D eigenvalue weighted by Gasteiger charge is 2.18. The third-order valence-electron chi connectivity index (χ3n) is 0.593. The minimum atomic E-state index is -2.07. The monoisotopic (exact) mass is 133 g/mol. The second-order valence-corrected chi connectivity index (χ2v) is 1.55. The topological polar surface area (TPSA) is 92.8 Å². The molecule has 9 heavy (non-hydrogen) atoms. The molecule has 0 heterocycles. The van der Waals surface area contributed by atoms with Gasteiger partial charge in [0.1, 0.15) is 0 Å². The molecule has 0 saturated heterocycles. The first-order chi connectivity index (χ1) is 4.04. The highest BCUT2D eigenvalue weighted by Crippen LogP contribution is 1.82. The van der Waals surface area contributed by atoms with Gasteiger partial charge in [0, 0.05) is 0 Å². The molecule has 0 fully saturated rings. The molecule has 0 unspecified atom stereocenters. The van der Waals surface area contributed by atoms with Crippen LogP contribution in [0.15, 0.2) is 0 Å². The molecule has 0 bridgehead atoms. The average Bonchev–Trinajstić information content (AvgIpc) is 1.63. The Bertz CT molecular complexity index is 104. The van der Waals surface area contributed by atoms with Crippen LogP contribution in [0.3, 0.4) is 0 Å². The van der Waals surface area contributed by atoms with E-state index in [1.165, 1.54) is 6.92 Å². The normalized spacial score (nSPS) is 12.4. The summed E-state index contributed by atoms with van der Waals surface area (Å²) in [6.45, 7) is 1.38. The van der Waals surface area contributed by atoms with Gasteiger partial charge in [0.05, 0.1) is 6.04 Å². The van der Waals surface area contributed by atoms with E-state index in [0.29, 0.717) is 0 Å². The van der Waals surface area contributed by atoms with Gasteiger partial charge in [-0.25, -0.2) is 0 Å². The molecule has 0 rings (SSSR count). The van der Waals surface area contributed by atoms with Gasteiger partial charge < -0.3 is 20.4 Å². The summed E-state index contributed by atoms with van der Waals surface area (Å²) in [6.07, 6.45) is 0. The van der Waals surface area contributed by atoms with Crippen molar-refractivity contribution in [2.75, 3.05) is 0 Å². The van der Waals surface area contributed by atoms with Crippen molar-refractivity contribution >= 4 is 13.3 Å². The van der Waals surface area contributed by atoms with Crippen molar-refractivity contribution in [3.8, 4) is 0 Å². The van der Waals surface area contributed by atoms with Gasteiger partial charge in [-0.3, -0.25) is 4.79 Å². The van der Waals surface area contributed by atoms with Crippen molar-refractivity contribution in [2.45, 2.75) is 13.0 Å². The van der Waals surface area contributed by atoms with Crippen molar-refractivity contribution in [3.05, 3.63) is 0 Å². The zero-order valence-electron chi connectivity index (χ0n) is 4.94. The second kappa shape index (κ2) is 3.44. The van der Waals surface area contributed by atoms with E-state index in [4.69, 9.17) is 15.8 Å². The summed E-state index contributed by atoms with van der Waals surface area (Å²) in [6, 6.07) is -0.827. The van der Waals surface area contributed by atoms with E-state index < -0.39 is 19.3 Å². The van der Waals surface area contributed by atoms with Gasteiger partial charge >= 0.3 is 13.3 Å². The lowest BCUT2D eigenvalue weighted by molar-refractivity contribution is -0.137. The third kappa shape index (κ3) is 3.95. The molecule has 0 aliphatic rings. The third-order valence-corrected chi connectivity index (χ3v) is 0.593. The molecule has 0 aromatic rings. The van der Waals surface area contributed by atoms with Crippen molar-refractivity contribution in [2.24, 2.45) is 5.73 Å². The van der Waals surface area contributed by atoms with E-state index in [9.17, 15) is 4.79 Å². The number of hydrogen-bond donors (Lipinski definition) is 3. The second-order valence-electron chi connectivity index (χ2n) is 1.55. The van der Waals surface area contributed by atoms with Crippen LogP contribution in [0.1, 0.15) is 6.92 Å².